The molecule has 146 valence electrons. The summed E-state index contributed by atoms with van der Waals surface area (Å²) >= 11 is 0. The van der Waals surface area contributed by atoms with Crippen LogP contribution in [-0.4, -0.2) is 28.5 Å². The molecule has 0 unspecified atom stereocenters. The van der Waals surface area contributed by atoms with Crippen molar-refractivity contribution < 1.29 is 13.6 Å². The number of hydrogen-bond donors (Lipinski definition) is 0. The van der Waals surface area contributed by atoms with Crippen molar-refractivity contribution in [3.05, 3.63) is 76.2 Å². The molecule has 0 saturated carbocycles. The molecule has 6 heteroatoms. The smallest absolute Gasteiger partial charge is 0.263 e. The van der Waals surface area contributed by atoms with Crippen molar-refractivity contribution >= 4 is 16.7 Å². The number of carbonyl (C=O) groups excluding carboxylic acids is 1. The molecule has 0 aliphatic carbocycles. The summed E-state index contributed by atoms with van der Waals surface area (Å²) in [5.74, 6) is -1.82. The normalized spacial score (nSPS) is 11.0. The molecule has 4 nitrogen and oxygen atoms in total. The fraction of sp³-hybridized carbons (Fsp3) is 0.273. The van der Waals surface area contributed by atoms with Crippen molar-refractivity contribution in [2.24, 2.45) is 0 Å². The second-order valence-corrected chi connectivity index (χ2v) is 6.60. The van der Waals surface area contributed by atoms with Gasteiger partial charge in [0.15, 0.2) is 0 Å². The first-order valence-electron chi connectivity index (χ1n) is 9.37. The molecule has 0 spiro atoms. The Morgan fingerprint density at radius 1 is 1.07 bits per heavy atom. The number of nitrogens with zero attached hydrogens (tertiary/aromatic N) is 2. The lowest BCUT2D eigenvalue weighted by atomic mass is 10.1. The fourth-order valence-corrected chi connectivity index (χ4v) is 3.24. The Balaban J connectivity index is 2.24. The summed E-state index contributed by atoms with van der Waals surface area (Å²) in [5.41, 5.74) is -0.242. The highest BCUT2D eigenvalue weighted by Gasteiger charge is 2.20. The van der Waals surface area contributed by atoms with Gasteiger partial charge in [-0.1, -0.05) is 31.5 Å². The highest BCUT2D eigenvalue weighted by molar-refractivity contribution is 6.06. The number of benzene rings is 2. The molecule has 3 rings (SSSR count). The van der Waals surface area contributed by atoms with E-state index >= 15 is 0 Å². The van der Waals surface area contributed by atoms with E-state index in [0.717, 1.165) is 29.5 Å². The van der Waals surface area contributed by atoms with Gasteiger partial charge in [-0.2, -0.15) is 0 Å². The zero-order valence-electron chi connectivity index (χ0n) is 15.9. The molecule has 0 atom stereocenters. The molecule has 2 aromatic carbocycles. The van der Waals surface area contributed by atoms with Crippen LogP contribution in [0.25, 0.3) is 16.5 Å². The predicted octanol–water partition coefficient (Wildman–Crippen LogP) is 4.53. The van der Waals surface area contributed by atoms with Gasteiger partial charge in [-0.15, -0.1) is 0 Å². The Hall–Kier alpha value is -3.02. The van der Waals surface area contributed by atoms with Gasteiger partial charge in [-0.25, -0.2) is 8.78 Å². The van der Waals surface area contributed by atoms with E-state index in [4.69, 9.17) is 0 Å². The number of fused-ring (bicyclic) bond motifs is 1. The maximum Gasteiger partial charge on any atom is 0.263 e. The molecule has 3 aromatic rings. The van der Waals surface area contributed by atoms with Crippen molar-refractivity contribution in [1.82, 2.24) is 9.47 Å². The summed E-state index contributed by atoms with van der Waals surface area (Å²) in [6.07, 6.45) is 3.17. The van der Waals surface area contributed by atoms with Crippen molar-refractivity contribution in [3.8, 4) is 5.69 Å². The maximum atomic E-state index is 14.3. The molecule has 0 fully saturated rings. The van der Waals surface area contributed by atoms with Crippen molar-refractivity contribution in [1.29, 1.82) is 0 Å². The van der Waals surface area contributed by atoms with E-state index in [1.807, 2.05) is 13.8 Å². The second kappa shape index (κ2) is 8.33. The molecule has 0 bridgehead atoms. The summed E-state index contributed by atoms with van der Waals surface area (Å²) in [6, 6.07) is 9.77. The van der Waals surface area contributed by atoms with Crippen LogP contribution in [0.15, 0.2) is 53.5 Å². The minimum absolute atomic E-state index is 0.0946. The number of pyridine rings is 1. The van der Waals surface area contributed by atoms with Gasteiger partial charge in [-0.3, -0.25) is 14.2 Å². The van der Waals surface area contributed by atoms with Crippen LogP contribution >= 0.6 is 0 Å². The van der Waals surface area contributed by atoms with Crippen LogP contribution in [0.2, 0.25) is 0 Å². The highest BCUT2D eigenvalue weighted by atomic mass is 19.1. The predicted molar refractivity (Wildman–Crippen MR) is 106 cm³/mol. The van der Waals surface area contributed by atoms with Crippen LogP contribution in [0.3, 0.4) is 0 Å². The monoisotopic (exact) mass is 384 g/mol. The topological polar surface area (TPSA) is 42.3 Å². The van der Waals surface area contributed by atoms with E-state index in [0.29, 0.717) is 29.4 Å². The molecule has 1 heterocycles. The Morgan fingerprint density at radius 2 is 1.79 bits per heavy atom. The molecule has 0 aliphatic heterocycles. The van der Waals surface area contributed by atoms with E-state index in [9.17, 15) is 18.4 Å². The van der Waals surface area contributed by atoms with Gasteiger partial charge in [0.25, 0.3) is 11.5 Å². The van der Waals surface area contributed by atoms with Crippen LogP contribution < -0.4 is 5.56 Å². The first-order chi connectivity index (χ1) is 13.5. The fourth-order valence-electron chi connectivity index (χ4n) is 3.24. The van der Waals surface area contributed by atoms with Crippen LogP contribution in [0.4, 0.5) is 8.78 Å². The SMILES string of the molecule is CCCCN(CC)C(=O)c1cn(-c2ccc(F)cc2F)c(=O)c2ccccc12. The Bertz CT molecular complexity index is 1080. The lowest BCUT2D eigenvalue weighted by Gasteiger charge is -2.22. The standard InChI is InChI=1S/C22H22F2N2O2/c1-3-5-12-25(4-2)21(27)18-14-26(20-11-10-15(23)13-19(20)24)22(28)17-9-7-6-8-16(17)18/h6-11,13-14H,3-5,12H2,1-2H3. The van der Waals surface area contributed by atoms with Crippen molar-refractivity contribution in [3.63, 3.8) is 0 Å². The molecule has 28 heavy (non-hydrogen) atoms. The summed E-state index contributed by atoms with van der Waals surface area (Å²) in [4.78, 5) is 27.8. The van der Waals surface area contributed by atoms with Crippen LogP contribution in [0, 0.1) is 11.6 Å². The minimum atomic E-state index is -0.867. The first kappa shape index (κ1) is 19.7. The van der Waals surface area contributed by atoms with Crippen LogP contribution in [0.1, 0.15) is 37.0 Å². The lowest BCUT2D eigenvalue weighted by molar-refractivity contribution is 0.0763. The summed E-state index contributed by atoms with van der Waals surface area (Å²) < 4.78 is 28.7. The van der Waals surface area contributed by atoms with E-state index in [2.05, 4.69) is 0 Å². The zero-order chi connectivity index (χ0) is 20.3. The number of hydrogen-bond acceptors (Lipinski definition) is 2. The Morgan fingerprint density at radius 3 is 2.43 bits per heavy atom. The van der Waals surface area contributed by atoms with Gasteiger partial charge >= 0.3 is 0 Å². The third-order valence-electron chi connectivity index (χ3n) is 4.77. The average Bonchev–Trinajstić information content (AvgIpc) is 2.69. The van der Waals surface area contributed by atoms with E-state index in [-0.39, 0.29) is 11.6 Å². The molecule has 0 N–H and O–H groups in total. The van der Waals surface area contributed by atoms with Gasteiger partial charge in [-0.05, 0) is 31.5 Å². The summed E-state index contributed by atoms with van der Waals surface area (Å²) in [7, 11) is 0. The molecule has 1 amide bonds. The van der Waals surface area contributed by atoms with Gasteiger partial charge in [0, 0.05) is 36.1 Å². The third-order valence-corrected chi connectivity index (χ3v) is 4.77. The molecular formula is C22H22F2N2O2. The van der Waals surface area contributed by atoms with Gasteiger partial charge in [0.1, 0.15) is 11.6 Å². The van der Waals surface area contributed by atoms with E-state index in [1.165, 1.54) is 12.3 Å². The number of amides is 1. The van der Waals surface area contributed by atoms with Gasteiger partial charge < -0.3 is 4.90 Å². The number of rotatable bonds is 6. The number of carbonyl (C=O) groups is 1. The Kier molecular flexibility index (Phi) is 5.87. The van der Waals surface area contributed by atoms with E-state index in [1.54, 1.807) is 29.2 Å². The first-order valence-corrected chi connectivity index (χ1v) is 9.37. The van der Waals surface area contributed by atoms with Crippen molar-refractivity contribution in [2.75, 3.05) is 13.1 Å². The summed E-state index contributed by atoms with van der Waals surface area (Å²) in [5, 5.41) is 0.829. The largest absolute Gasteiger partial charge is 0.339 e. The highest BCUT2D eigenvalue weighted by Crippen LogP contribution is 2.21. The van der Waals surface area contributed by atoms with E-state index < -0.39 is 17.2 Å². The number of aromatic nitrogens is 1. The molecule has 0 aliphatic rings. The minimum Gasteiger partial charge on any atom is -0.339 e. The third kappa shape index (κ3) is 3.67. The van der Waals surface area contributed by atoms with Crippen molar-refractivity contribution in [2.45, 2.75) is 26.7 Å². The number of halogens is 2. The van der Waals surface area contributed by atoms with Crippen LogP contribution in [-0.2, 0) is 0 Å². The summed E-state index contributed by atoms with van der Waals surface area (Å²) in [6.45, 7) is 5.07. The zero-order valence-corrected chi connectivity index (χ0v) is 15.9. The number of unbranched alkanes of at least 4 members (excludes halogenated alkanes) is 1. The molecule has 0 saturated heterocycles. The van der Waals surface area contributed by atoms with Crippen LogP contribution in [0.5, 0.6) is 0 Å². The quantitative estimate of drug-likeness (QED) is 0.627. The average molecular weight is 384 g/mol. The maximum absolute atomic E-state index is 14.3. The molecular weight excluding hydrogens is 362 g/mol. The Labute approximate surface area is 162 Å². The molecule has 0 radical (unpaired) electrons. The van der Waals surface area contributed by atoms with Gasteiger partial charge in [0.05, 0.1) is 11.3 Å². The molecule has 1 aromatic heterocycles. The van der Waals surface area contributed by atoms with Gasteiger partial charge in [0.2, 0.25) is 0 Å². The second-order valence-electron chi connectivity index (χ2n) is 6.60. The lowest BCUT2D eigenvalue weighted by Crippen LogP contribution is -2.33.